The summed E-state index contributed by atoms with van der Waals surface area (Å²) in [5.74, 6) is 1.46. The van der Waals surface area contributed by atoms with Gasteiger partial charge in [0.15, 0.2) is 0 Å². The molecule has 1 aromatic rings. The maximum absolute atomic E-state index is 10.2. The van der Waals surface area contributed by atoms with E-state index in [1.807, 2.05) is 26.0 Å². The number of fused-ring (bicyclic) bond motifs is 1. The molecular formula is C15H22O2. The molecule has 1 aliphatic carbocycles. The molecule has 0 spiro atoms. The van der Waals surface area contributed by atoms with E-state index in [2.05, 4.69) is 13.0 Å². The highest BCUT2D eigenvalue weighted by atomic mass is 16.5. The van der Waals surface area contributed by atoms with Gasteiger partial charge in [-0.2, -0.15) is 0 Å². The fourth-order valence-electron chi connectivity index (χ4n) is 2.48. The first kappa shape index (κ1) is 12.4. The Morgan fingerprint density at radius 3 is 2.82 bits per heavy atom. The third-order valence-electron chi connectivity index (χ3n) is 3.38. The number of aryl methyl sites for hydroxylation is 1. The monoisotopic (exact) mass is 234 g/mol. The third kappa shape index (κ3) is 3.01. The molecule has 2 nitrogen and oxygen atoms in total. The maximum atomic E-state index is 10.2. The van der Waals surface area contributed by atoms with E-state index in [1.54, 1.807) is 0 Å². The van der Waals surface area contributed by atoms with Gasteiger partial charge in [-0.25, -0.2) is 0 Å². The van der Waals surface area contributed by atoms with E-state index in [-0.39, 0.29) is 12.2 Å². The molecule has 1 aromatic carbocycles. The van der Waals surface area contributed by atoms with Crippen molar-refractivity contribution in [3.05, 3.63) is 29.3 Å². The molecule has 0 saturated heterocycles. The van der Waals surface area contributed by atoms with E-state index in [0.717, 1.165) is 30.6 Å². The Kier molecular flexibility index (Phi) is 3.72. The van der Waals surface area contributed by atoms with Gasteiger partial charge in [0.25, 0.3) is 0 Å². The van der Waals surface area contributed by atoms with E-state index in [4.69, 9.17) is 4.74 Å². The average molecular weight is 234 g/mol. The van der Waals surface area contributed by atoms with Crippen LogP contribution in [-0.2, 0) is 6.42 Å². The van der Waals surface area contributed by atoms with Gasteiger partial charge in [-0.1, -0.05) is 13.0 Å². The van der Waals surface area contributed by atoms with E-state index in [1.165, 1.54) is 5.56 Å². The van der Waals surface area contributed by atoms with Crippen LogP contribution in [0.5, 0.6) is 5.75 Å². The van der Waals surface area contributed by atoms with Crippen molar-refractivity contribution >= 4 is 0 Å². The van der Waals surface area contributed by atoms with Crippen LogP contribution >= 0.6 is 0 Å². The molecule has 2 atom stereocenters. The van der Waals surface area contributed by atoms with Gasteiger partial charge in [0.05, 0.1) is 12.2 Å². The molecule has 0 saturated carbocycles. The van der Waals surface area contributed by atoms with Gasteiger partial charge in [-0.15, -0.1) is 0 Å². The van der Waals surface area contributed by atoms with Gasteiger partial charge >= 0.3 is 0 Å². The number of hydrogen-bond acceptors (Lipinski definition) is 2. The number of benzene rings is 1. The van der Waals surface area contributed by atoms with Gasteiger partial charge in [-0.3, -0.25) is 0 Å². The van der Waals surface area contributed by atoms with Crippen LogP contribution in [0.25, 0.3) is 0 Å². The van der Waals surface area contributed by atoms with Crippen LogP contribution in [0.4, 0.5) is 0 Å². The second-order valence-electron chi connectivity index (χ2n) is 5.42. The Morgan fingerprint density at radius 1 is 1.35 bits per heavy atom. The summed E-state index contributed by atoms with van der Waals surface area (Å²) >= 11 is 0. The van der Waals surface area contributed by atoms with Gasteiger partial charge in [0, 0.05) is 0 Å². The van der Waals surface area contributed by atoms with E-state index in [9.17, 15) is 5.11 Å². The summed E-state index contributed by atoms with van der Waals surface area (Å²) in [5, 5.41) is 10.2. The minimum atomic E-state index is -0.335. The summed E-state index contributed by atoms with van der Waals surface area (Å²) in [6, 6.07) is 6.13. The summed E-state index contributed by atoms with van der Waals surface area (Å²) < 4.78 is 5.69. The van der Waals surface area contributed by atoms with Gasteiger partial charge < -0.3 is 9.84 Å². The molecule has 2 heteroatoms. The maximum Gasteiger partial charge on any atom is 0.120 e. The normalized spacial score (nSPS) is 24.3. The molecule has 94 valence electrons. The topological polar surface area (TPSA) is 29.5 Å². The van der Waals surface area contributed by atoms with Crippen molar-refractivity contribution < 1.29 is 9.84 Å². The summed E-state index contributed by atoms with van der Waals surface area (Å²) in [6.07, 6.45) is 2.93. The fraction of sp³-hybridized carbons (Fsp3) is 0.600. The lowest BCUT2D eigenvalue weighted by molar-refractivity contribution is 0.149. The molecule has 0 amide bonds. The lowest BCUT2D eigenvalue weighted by Gasteiger charge is -2.16. The third-order valence-corrected chi connectivity index (χ3v) is 3.38. The zero-order chi connectivity index (χ0) is 12.4. The van der Waals surface area contributed by atoms with Crippen molar-refractivity contribution in [3.8, 4) is 5.75 Å². The molecule has 0 fully saturated rings. The standard InChI is InChI=1S/C15H22O2/c1-10(2)17-13-7-6-12-5-4-11(3)8-15(16)14(12)9-13/h6-7,9-11,15-16H,4-5,8H2,1-3H3. The lowest BCUT2D eigenvalue weighted by atomic mass is 9.99. The zero-order valence-corrected chi connectivity index (χ0v) is 10.9. The van der Waals surface area contributed by atoms with Crippen LogP contribution in [-0.4, -0.2) is 11.2 Å². The molecular weight excluding hydrogens is 212 g/mol. The number of aliphatic hydroxyl groups excluding tert-OH is 1. The van der Waals surface area contributed by atoms with Crippen LogP contribution < -0.4 is 4.74 Å². The summed E-state index contributed by atoms with van der Waals surface area (Å²) in [5.41, 5.74) is 2.34. The minimum Gasteiger partial charge on any atom is -0.491 e. The van der Waals surface area contributed by atoms with Gasteiger partial charge in [0.1, 0.15) is 5.75 Å². The Labute approximate surface area is 104 Å². The molecule has 1 N–H and O–H groups in total. The Hall–Kier alpha value is -1.02. The summed E-state index contributed by atoms with van der Waals surface area (Å²) in [7, 11) is 0. The molecule has 1 aliphatic rings. The van der Waals surface area contributed by atoms with E-state index in [0.29, 0.717) is 5.92 Å². The van der Waals surface area contributed by atoms with Crippen LogP contribution in [0, 0.1) is 5.92 Å². The second-order valence-corrected chi connectivity index (χ2v) is 5.42. The SMILES string of the molecule is CC1CCc2ccc(OC(C)C)cc2C(O)C1. The number of ether oxygens (including phenoxy) is 1. The van der Waals surface area contributed by atoms with Crippen molar-refractivity contribution in [2.24, 2.45) is 5.92 Å². The van der Waals surface area contributed by atoms with Crippen LogP contribution in [0.15, 0.2) is 18.2 Å². The molecule has 17 heavy (non-hydrogen) atoms. The second kappa shape index (κ2) is 5.09. The molecule has 2 unspecified atom stereocenters. The lowest BCUT2D eigenvalue weighted by Crippen LogP contribution is -2.07. The molecule has 2 rings (SSSR count). The molecule has 0 aromatic heterocycles. The van der Waals surface area contributed by atoms with Crippen molar-refractivity contribution in [1.82, 2.24) is 0 Å². The van der Waals surface area contributed by atoms with E-state index >= 15 is 0 Å². The van der Waals surface area contributed by atoms with Crippen molar-refractivity contribution in [2.45, 2.75) is 52.2 Å². The quantitative estimate of drug-likeness (QED) is 0.794. The molecule has 0 radical (unpaired) electrons. The zero-order valence-electron chi connectivity index (χ0n) is 10.9. The predicted octanol–water partition coefficient (Wildman–Crippen LogP) is 3.48. The Balaban J connectivity index is 2.27. The number of aliphatic hydroxyl groups is 1. The largest absolute Gasteiger partial charge is 0.491 e. The van der Waals surface area contributed by atoms with Crippen molar-refractivity contribution in [3.63, 3.8) is 0 Å². The highest BCUT2D eigenvalue weighted by Crippen LogP contribution is 2.33. The van der Waals surface area contributed by atoms with Crippen LogP contribution in [0.1, 0.15) is 50.8 Å². The van der Waals surface area contributed by atoms with Crippen LogP contribution in [0.2, 0.25) is 0 Å². The summed E-state index contributed by atoms with van der Waals surface area (Å²) in [6.45, 7) is 6.25. The number of rotatable bonds is 2. The first-order valence-electron chi connectivity index (χ1n) is 6.54. The van der Waals surface area contributed by atoms with Crippen molar-refractivity contribution in [2.75, 3.05) is 0 Å². The molecule has 0 aliphatic heterocycles. The fourth-order valence-corrected chi connectivity index (χ4v) is 2.48. The molecule has 0 bridgehead atoms. The first-order chi connectivity index (χ1) is 8.06. The van der Waals surface area contributed by atoms with Gasteiger partial charge in [0.2, 0.25) is 0 Å². The average Bonchev–Trinajstić information content (AvgIpc) is 2.38. The summed E-state index contributed by atoms with van der Waals surface area (Å²) in [4.78, 5) is 0. The number of hydrogen-bond donors (Lipinski definition) is 1. The smallest absolute Gasteiger partial charge is 0.120 e. The van der Waals surface area contributed by atoms with Gasteiger partial charge in [-0.05, 0) is 62.3 Å². The predicted molar refractivity (Wildman–Crippen MR) is 69.3 cm³/mol. The Morgan fingerprint density at radius 2 is 2.12 bits per heavy atom. The first-order valence-corrected chi connectivity index (χ1v) is 6.54. The highest BCUT2D eigenvalue weighted by Gasteiger charge is 2.21. The van der Waals surface area contributed by atoms with Crippen LogP contribution in [0.3, 0.4) is 0 Å². The highest BCUT2D eigenvalue weighted by molar-refractivity contribution is 5.38. The van der Waals surface area contributed by atoms with E-state index < -0.39 is 0 Å². The minimum absolute atomic E-state index is 0.176. The van der Waals surface area contributed by atoms with Crippen molar-refractivity contribution in [1.29, 1.82) is 0 Å². The Bertz CT molecular complexity index is 385. The molecule has 0 heterocycles.